The number of piperidine rings is 1. The van der Waals surface area contributed by atoms with Crippen molar-refractivity contribution in [1.29, 1.82) is 0 Å². The molecule has 0 aromatic rings. The van der Waals surface area contributed by atoms with Gasteiger partial charge in [-0.05, 0) is 55.8 Å². The molecule has 2 fully saturated rings. The van der Waals surface area contributed by atoms with Gasteiger partial charge in [0.1, 0.15) is 6.04 Å². The summed E-state index contributed by atoms with van der Waals surface area (Å²) >= 11 is 0. The predicted molar refractivity (Wildman–Crippen MR) is 133 cm³/mol. The molecule has 0 spiro atoms. The molecule has 0 saturated carbocycles. The van der Waals surface area contributed by atoms with E-state index in [0.717, 1.165) is 38.8 Å². The molecular weight excluding hydrogens is 416 g/mol. The average molecular weight is 465 g/mol. The molecular formula is C26H48N4O3. The van der Waals surface area contributed by atoms with Crippen molar-refractivity contribution in [3.05, 3.63) is 0 Å². The van der Waals surface area contributed by atoms with Crippen molar-refractivity contribution in [2.24, 2.45) is 23.7 Å². The summed E-state index contributed by atoms with van der Waals surface area (Å²) < 4.78 is 0. The first kappa shape index (κ1) is 27.6. The summed E-state index contributed by atoms with van der Waals surface area (Å²) in [5, 5.41) is 6.38. The van der Waals surface area contributed by atoms with Crippen LogP contribution in [-0.4, -0.2) is 72.3 Å². The Labute approximate surface area is 201 Å². The van der Waals surface area contributed by atoms with Gasteiger partial charge in [0.2, 0.25) is 17.7 Å². The van der Waals surface area contributed by atoms with Crippen LogP contribution in [0.15, 0.2) is 0 Å². The summed E-state index contributed by atoms with van der Waals surface area (Å²) in [6.07, 6.45) is 4.73. The van der Waals surface area contributed by atoms with E-state index in [2.05, 4.69) is 52.2 Å². The normalized spacial score (nSPS) is 21.2. The van der Waals surface area contributed by atoms with Gasteiger partial charge < -0.3 is 20.4 Å². The van der Waals surface area contributed by atoms with Crippen LogP contribution in [0, 0.1) is 23.7 Å². The SMILES string of the molecule is CC(C)CCNC(=O)CC1CCN(C(=O)C(CC(C)C)N2CCN[C@@H](CC(C)C)C2=O)CC1. The third-order valence-corrected chi connectivity index (χ3v) is 6.83. The smallest absolute Gasteiger partial charge is 0.245 e. The average Bonchev–Trinajstić information content (AvgIpc) is 2.73. The van der Waals surface area contributed by atoms with Gasteiger partial charge in [0.05, 0.1) is 6.04 Å². The number of amides is 3. The van der Waals surface area contributed by atoms with Crippen molar-refractivity contribution in [3.8, 4) is 0 Å². The largest absolute Gasteiger partial charge is 0.356 e. The Balaban J connectivity index is 1.93. The molecule has 2 heterocycles. The van der Waals surface area contributed by atoms with Gasteiger partial charge in [-0.15, -0.1) is 0 Å². The number of nitrogens with zero attached hydrogens (tertiary/aromatic N) is 2. The van der Waals surface area contributed by atoms with E-state index in [4.69, 9.17) is 0 Å². The minimum Gasteiger partial charge on any atom is -0.356 e. The van der Waals surface area contributed by atoms with Crippen molar-refractivity contribution in [2.75, 3.05) is 32.7 Å². The number of carbonyl (C=O) groups excluding carboxylic acids is 3. The van der Waals surface area contributed by atoms with Gasteiger partial charge in [-0.1, -0.05) is 41.5 Å². The standard InChI is InChI=1S/C26H48N4O3/c1-18(2)7-10-28-24(31)17-21-8-12-29(13-9-21)26(33)23(16-20(5)6)30-14-11-27-22(25(30)32)15-19(3)4/h18-23,27H,7-17H2,1-6H3,(H,28,31)/t22-,23?/m0/s1. The van der Waals surface area contributed by atoms with Crippen LogP contribution in [0.4, 0.5) is 0 Å². The first-order valence-corrected chi connectivity index (χ1v) is 13.2. The Morgan fingerprint density at radius 1 is 1.00 bits per heavy atom. The van der Waals surface area contributed by atoms with Gasteiger partial charge >= 0.3 is 0 Å². The third kappa shape index (κ3) is 8.91. The number of rotatable bonds is 11. The molecule has 2 N–H and O–H groups in total. The number of nitrogens with one attached hydrogen (secondary N) is 2. The third-order valence-electron chi connectivity index (χ3n) is 6.83. The fourth-order valence-corrected chi connectivity index (χ4v) is 4.93. The van der Waals surface area contributed by atoms with E-state index in [0.29, 0.717) is 56.1 Å². The maximum absolute atomic E-state index is 13.6. The van der Waals surface area contributed by atoms with Crippen molar-refractivity contribution >= 4 is 17.7 Å². The maximum Gasteiger partial charge on any atom is 0.245 e. The zero-order valence-corrected chi connectivity index (χ0v) is 21.9. The van der Waals surface area contributed by atoms with Gasteiger partial charge in [-0.3, -0.25) is 14.4 Å². The molecule has 2 aliphatic rings. The van der Waals surface area contributed by atoms with Crippen LogP contribution in [0.5, 0.6) is 0 Å². The molecule has 7 nitrogen and oxygen atoms in total. The van der Waals surface area contributed by atoms with Crippen LogP contribution in [0.25, 0.3) is 0 Å². The highest BCUT2D eigenvalue weighted by molar-refractivity contribution is 5.90. The fourth-order valence-electron chi connectivity index (χ4n) is 4.93. The predicted octanol–water partition coefficient (Wildman–Crippen LogP) is 3.04. The number of hydrogen-bond acceptors (Lipinski definition) is 4. The highest BCUT2D eigenvalue weighted by atomic mass is 16.2. The summed E-state index contributed by atoms with van der Waals surface area (Å²) in [5.74, 6) is 1.95. The topological polar surface area (TPSA) is 81.8 Å². The minimum absolute atomic E-state index is 0.0712. The molecule has 0 radical (unpaired) electrons. The first-order chi connectivity index (χ1) is 15.6. The molecule has 3 amide bonds. The Morgan fingerprint density at radius 3 is 2.24 bits per heavy atom. The maximum atomic E-state index is 13.6. The monoisotopic (exact) mass is 464 g/mol. The number of hydrogen-bond donors (Lipinski definition) is 2. The summed E-state index contributed by atoms with van der Waals surface area (Å²) in [6.45, 7) is 16.2. The van der Waals surface area contributed by atoms with Gasteiger partial charge in [0, 0.05) is 39.1 Å². The van der Waals surface area contributed by atoms with Crippen LogP contribution in [-0.2, 0) is 14.4 Å². The van der Waals surface area contributed by atoms with E-state index in [1.165, 1.54) is 0 Å². The highest BCUT2D eigenvalue weighted by Crippen LogP contribution is 2.24. The summed E-state index contributed by atoms with van der Waals surface area (Å²) in [6, 6.07) is -0.577. The molecule has 1 unspecified atom stereocenters. The lowest BCUT2D eigenvalue weighted by Crippen LogP contribution is -2.62. The van der Waals surface area contributed by atoms with Crippen molar-refractivity contribution < 1.29 is 14.4 Å². The van der Waals surface area contributed by atoms with E-state index >= 15 is 0 Å². The van der Waals surface area contributed by atoms with Gasteiger partial charge in [0.25, 0.3) is 0 Å². The second-order valence-corrected chi connectivity index (χ2v) is 11.3. The molecule has 190 valence electrons. The molecule has 2 aliphatic heterocycles. The summed E-state index contributed by atoms with van der Waals surface area (Å²) in [4.78, 5) is 42.8. The lowest BCUT2D eigenvalue weighted by Gasteiger charge is -2.42. The van der Waals surface area contributed by atoms with E-state index in [-0.39, 0.29) is 29.8 Å². The Morgan fingerprint density at radius 2 is 1.67 bits per heavy atom. The van der Waals surface area contributed by atoms with Crippen LogP contribution in [0.3, 0.4) is 0 Å². The molecule has 2 saturated heterocycles. The zero-order chi connectivity index (χ0) is 24.5. The molecule has 0 bridgehead atoms. The van der Waals surface area contributed by atoms with Crippen LogP contribution < -0.4 is 10.6 Å². The van der Waals surface area contributed by atoms with E-state index < -0.39 is 0 Å². The molecule has 2 rings (SSSR count). The molecule has 0 aromatic heterocycles. The Kier molecular flexibility index (Phi) is 11.1. The summed E-state index contributed by atoms with van der Waals surface area (Å²) in [7, 11) is 0. The van der Waals surface area contributed by atoms with Crippen LogP contribution >= 0.6 is 0 Å². The van der Waals surface area contributed by atoms with Gasteiger partial charge in [-0.2, -0.15) is 0 Å². The second-order valence-electron chi connectivity index (χ2n) is 11.3. The first-order valence-electron chi connectivity index (χ1n) is 13.2. The molecule has 0 aliphatic carbocycles. The zero-order valence-electron chi connectivity index (χ0n) is 21.9. The number of likely N-dealkylation sites (tertiary alicyclic amines) is 1. The van der Waals surface area contributed by atoms with Gasteiger partial charge in [-0.25, -0.2) is 0 Å². The van der Waals surface area contributed by atoms with Crippen molar-refractivity contribution in [3.63, 3.8) is 0 Å². The molecule has 2 atom stereocenters. The minimum atomic E-state index is -0.384. The van der Waals surface area contributed by atoms with Crippen LogP contribution in [0.2, 0.25) is 0 Å². The number of carbonyl (C=O) groups is 3. The van der Waals surface area contributed by atoms with Crippen LogP contribution in [0.1, 0.15) is 80.1 Å². The molecule has 7 heteroatoms. The van der Waals surface area contributed by atoms with E-state index in [9.17, 15) is 14.4 Å². The second kappa shape index (κ2) is 13.3. The molecule has 0 aromatic carbocycles. The number of piperazine rings is 1. The quantitative estimate of drug-likeness (QED) is 0.492. The van der Waals surface area contributed by atoms with E-state index in [1.807, 2.05) is 9.80 Å². The fraction of sp³-hybridized carbons (Fsp3) is 0.885. The molecule has 33 heavy (non-hydrogen) atoms. The Bertz CT molecular complexity index is 641. The lowest BCUT2D eigenvalue weighted by atomic mass is 9.91. The lowest BCUT2D eigenvalue weighted by molar-refractivity contribution is -0.150. The van der Waals surface area contributed by atoms with Crippen molar-refractivity contribution in [1.82, 2.24) is 20.4 Å². The van der Waals surface area contributed by atoms with Crippen molar-refractivity contribution in [2.45, 2.75) is 92.2 Å². The van der Waals surface area contributed by atoms with E-state index in [1.54, 1.807) is 0 Å². The highest BCUT2D eigenvalue weighted by Gasteiger charge is 2.39. The Hall–Kier alpha value is -1.63. The van der Waals surface area contributed by atoms with Gasteiger partial charge in [0.15, 0.2) is 0 Å². The summed E-state index contributed by atoms with van der Waals surface area (Å²) in [5.41, 5.74) is 0.